The maximum Gasteiger partial charge on any atom is 0.244 e. The minimum atomic E-state index is -0.350. The topological polar surface area (TPSA) is 43.1 Å². The highest BCUT2D eigenvalue weighted by Crippen LogP contribution is 2.17. The van der Waals surface area contributed by atoms with Gasteiger partial charge in [-0.15, -0.1) is 0 Å². The van der Waals surface area contributed by atoms with E-state index in [0.29, 0.717) is 5.57 Å². The summed E-state index contributed by atoms with van der Waals surface area (Å²) >= 11 is 0. The minimum absolute atomic E-state index is 0.243. The normalized spacial score (nSPS) is 12.4. The van der Waals surface area contributed by atoms with Gasteiger partial charge in [-0.25, -0.2) is 0 Å². The molecule has 1 amide bonds. The van der Waals surface area contributed by atoms with Gasteiger partial charge in [0.05, 0.1) is 0 Å². The van der Waals surface area contributed by atoms with Crippen molar-refractivity contribution in [3.8, 4) is 0 Å². The van der Waals surface area contributed by atoms with Gasteiger partial charge in [0, 0.05) is 5.57 Å². The second-order valence-electron chi connectivity index (χ2n) is 5.05. The zero-order chi connectivity index (χ0) is 13.1. The molecule has 0 rings (SSSR count). The van der Waals surface area contributed by atoms with Gasteiger partial charge in [0.25, 0.3) is 0 Å². The number of hydrogen-bond donors (Lipinski definition) is 1. The smallest absolute Gasteiger partial charge is 0.244 e. The van der Waals surface area contributed by atoms with Gasteiger partial charge in [-0.2, -0.15) is 0 Å². The fraction of sp³-hybridized carbons (Fsp3) is 0.800. The third kappa shape index (κ3) is 8.96. The Bertz CT molecular complexity index is 223. The molecule has 1 atom stereocenters. The van der Waals surface area contributed by atoms with Gasteiger partial charge in [-0.3, -0.25) is 4.79 Å². The molecule has 0 aromatic carbocycles. The highest BCUT2D eigenvalue weighted by Gasteiger charge is 2.10. The van der Waals surface area contributed by atoms with Crippen molar-refractivity contribution in [3.05, 3.63) is 12.2 Å². The quantitative estimate of drug-likeness (QED) is 0.426. The number of primary amides is 1. The molecule has 0 radical (unpaired) electrons. The molecule has 2 heteroatoms. The van der Waals surface area contributed by atoms with Gasteiger partial charge in [0.1, 0.15) is 0 Å². The molecule has 0 fully saturated rings. The number of hydrogen-bond acceptors (Lipinski definition) is 1. The third-order valence-electron chi connectivity index (χ3n) is 3.40. The molecule has 0 spiro atoms. The molecule has 0 aromatic rings. The summed E-state index contributed by atoms with van der Waals surface area (Å²) in [4.78, 5) is 10.9. The van der Waals surface area contributed by atoms with Crippen molar-refractivity contribution in [2.75, 3.05) is 0 Å². The monoisotopic (exact) mass is 239 g/mol. The summed E-state index contributed by atoms with van der Waals surface area (Å²) in [5.74, 6) is -0.107. The molecule has 0 aliphatic heterocycles. The maximum absolute atomic E-state index is 10.9. The average Bonchev–Trinajstić information content (AvgIpc) is 2.31. The second-order valence-corrected chi connectivity index (χ2v) is 5.05. The van der Waals surface area contributed by atoms with E-state index >= 15 is 0 Å². The Labute approximate surface area is 107 Å². The average molecular weight is 239 g/mol. The molecule has 0 saturated carbocycles. The molecule has 100 valence electrons. The molecule has 0 aliphatic rings. The van der Waals surface area contributed by atoms with Crippen LogP contribution in [0.2, 0.25) is 0 Å². The van der Waals surface area contributed by atoms with Crippen LogP contribution in [0.15, 0.2) is 12.2 Å². The maximum atomic E-state index is 10.9. The van der Waals surface area contributed by atoms with Crippen LogP contribution in [0, 0.1) is 5.92 Å². The zero-order valence-corrected chi connectivity index (χ0v) is 11.6. The largest absolute Gasteiger partial charge is 0.366 e. The van der Waals surface area contributed by atoms with Crippen molar-refractivity contribution in [2.45, 2.75) is 71.6 Å². The Balaban J connectivity index is 3.33. The number of rotatable bonds is 11. The van der Waals surface area contributed by atoms with Crippen molar-refractivity contribution in [3.63, 3.8) is 0 Å². The first-order chi connectivity index (χ1) is 8.09. The minimum Gasteiger partial charge on any atom is -0.366 e. The van der Waals surface area contributed by atoms with Crippen LogP contribution in [-0.2, 0) is 4.79 Å². The molecule has 2 N–H and O–H groups in total. The van der Waals surface area contributed by atoms with Crippen molar-refractivity contribution in [2.24, 2.45) is 11.7 Å². The molecule has 0 saturated heterocycles. The van der Waals surface area contributed by atoms with Gasteiger partial charge in [0.15, 0.2) is 0 Å². The van der Waals surface area contributed by atoms with E-state index in [-0.39, 0.29) is 11.8 Å². The first-order valence-electron chi connectivity index (χ1n) is 7.08. The van der Waals surface area contributed by atoms with E-state index in [1.54, 1.807) is 0 Å². The van der Waals surface area contributed by atoms with E-state index in [1.807, 2.05) is 6.92 Å². The molecular formula is C15H29NO. The van der Waals surface area contributed by atoms with Gasteiger partial charge >= 0.3 is 0 Å². The first-order valence-corrected chi connectivity index (χ1v) is 7.08. The van der Waals surface area contributed by atoms with Crippen molar-refractivity contribution < 1.29 is 4.79 Å². The van der Waals surface area contributed by atoms with Crippen LogP contribution in [0.3, 0.4) is 0 Å². The zero-order valence-electron chi connectivity index (χ0n) is 11.6. The van der Waals surface area contributed by atoms with Gasteiger partial charge in [-0.1, -0.05) is 71.8 Å². The standard InChI is InChI=1S/C15H29NO/c1-4-5-6-7-8-9-10-11-12-13(2)14(3)15(16)17/h13H,3-12H2,1-2H3,(H2,16,17). The van der Waals surface area contributed by atoms with Crippen LogP contribution in [0.25, 0.3) is 0 Å². The van der Waals surface area contributed by atoms with Crippen LogP contribution >= 0.6 is 0 Å². The Morgan fingerprint density at radius 1 is 1.06 bits per heavy atom. The van der Waals surface area contributed by atoms with Crippen LogP contribution in [0.5, 0.6) is 0 Å². The summed E-state index contributed by atoms with van der Waals surface area (Å²) in [6.07, 6.45) is 11.6. The van der Waals surface area contributed by atoms with E-state index in [4.69, 9.17) is 5.73 Å². The van der Waals surface area contributed by atoms with E-state index in [1.165, 1.54) is 51.4 Å². The Morgan fingerprint density at radius 2 is 1.53 bits per heavy atom. The van der Waals surface area contributed by atoms with E-state index in [2.05, 4.69) is 13.5 Å². The van der Waals surface area contributed by atoms with E-state index in [9.17, 15) is 4.79 Å². The summed E-state index contributed by atoms with van der Waals surface area (Å²) in [5.41, 5.74) is 5.77. The lowest BCUT2D eigenvalue weighted by Gasteiger charge is -2.11. The van der Waals surface area contributed by atoms with Gasteiger partial charge in [0.2, 0.25) is 5.91 Å². The highest BCUT2D eigenvalue weighted by atomic mass is 16.1. The third-order valence-corrected chi connectivity index (χ3v) is 3.40. The number of amides is 1. The van der Waals surface area contributed by atoms with Crippen molar-refractivity contribution in [1.82, 2.24) is 0 Å². The lowest BCUT2D eigenvalue weighted by molar-refractivity contribution is -0.115. The predicted octanol–water partition coefficient (Wildman–Crippen LogP) is 4.19. The fourth-order valence-corrected chi connectivity index (χ4v) is 2.00. The SMILES string of the molecule is C=C(C(N)=O)C(C)CCCCCCCCCC. The summed E-state index contributed by atoms with van der Waals surface area (Å²) in [7, 11) is 0. The number of unbranched alkanes of at least 4 members (excludes halogenated alkanes) is 7. The summed E-state index contributed by atoms with van der Waals surface area (Å²) in [6.45, 7) is 8.01. The number of carbonyl (C=O) groups excluding carboxylic acids is 1. The molecule has 17 heavy (non-hydrogen) atoms. The van der Waals surface area contributed by atoms with E-state index in [0.717, 1.165) is 6.42 Å². The lowest BCUT2D eigenvalue weighted by Crippen LogP contribution is -2.18. The Morgan fingerprint density at radius 3 is 2.00 bits per heavy atom. The molecular weight excluding hydrogens is 210 g/mol. The molecule has 0 aromatic heterocycles. The number of nitrogens with two attached hydrogens (primary N) is 1. The van der Waals surface area contributed by atoms with Gasteiger partial charge < -0.3 is 5.73 Å². The van der Waals surface area contributed by atoms with Gasteiger partial charge in [-0.05, 0) is 12.3 Å². The predicted molar refractivity (Wildman–Crippen MR) is 74.7 cm³/mol. The Hall–Kier alpha value is -0.790. The summed E-state index contributed by atoms with van der Waals surface area (Å²) in [6, 6.07) is 0. The Kier molecular flexibility index (Phi) is 9.89. The van der Waals surface area contributed by atoms with Crippen LogP contribution in [0.1, 0.15) is 71.6 Å². The summed E-state index contributed by atoms with van der Waals surface area (Å²) < 4.78 is 0. The molecule has 0 aliphatic carbocycles. The van der Waals surface area contributed by atoms with Crippen LogP contribution in [-0.4, -0.2) is 5.91 Å². The molecule has 0 bridgehead atoms. The highest BCUT2D eigenvalue weighted by molar-refractivity contribution is 5.91. The number of carbonyl (C=O) groups is 1. The van der Waals surface area contributed by atoms with Crippen LogP contribution < -0.4 is 5.73 Å². The molecule has 1 unspecified atom stereocenters. The van der Waals surface area contributed by atoms with Crippen molar-refractivity contribution in [1.29, 1.82) is 0 Å². The van der Waals surface area contributed by atoms with Crippen molar-refractivity contribution >= 4 is 5.91 Å². The van der Waals surface area contributed by atoms with Crippen LogP contribution in [0.4, 0.5) is 0 Å². The second kappa shape index (κ2) is 10.4. The molecule has 0 heterocycles. The fourth-order valence-electron chi connectivity index (χ4n) is 2.00. The first kappa shape index (κ1) is 16.2. The molecule has 2 nitrogen and oxygen atoms in total. The summed E-state index contributed by atoms with van der Waals surface area (Å²) in [5, 5.41) is 0. The lowest BCUT2D eigenvalue weighted by atomic mass is 9.95. The van der Waals surface area contributed by atoms with E-state index < -0.39 is 0 Å².